The number of hydrogen-bond donors (Lipinski definition) is 0. The van der Waals surface area contributed by atoms with Crippen LogP contribution in [0.15, 0.2) is 18.2 Å². The van der Waals surface area contributed by atoms with Gasteiger partial charge in [-0.3, -0.25) is 9.59 Å². The molecule has 1 unspecified atom stereocenters. The van der Waals surface area contributed by atoms with Crippen molar-refractivity contribution in [3.8, 4) is 5.75 Å². The maximum Gasteiger partial charge on any atom is 0.316 e. The number of esters is 1. The first-order valence-electron chi connectivity index (χ1n) is 9.83. The summed E-state index contributed by atoms with van der Waals surface area (Å²) < 4.78 is 16.7. The molecule has 6 heteroatoms. The lowest BCUT2D eigenvalue weighted by Gasteiger charge is -2.36. The van der Waals surface area contributed by atoms with Crippen molar-refractivity contribution in [3.63, 3.8) is 0 Å². The van der Waals surface area contributed by atoms with Gasteiger partial charge in [0.05, 0.1) is 13.7 Å². The molecule has 0 N–H and O–H groups in total. The second kappa shape index (κ2) is 10.2. The van der Waals surface area contributed by atoms with E-state index in [0.29, 0.717) is 19.6 Å². The Kier molecular flexibility index (Phi) is 8.89. The molecule has 0 saturated carbocycles. The van der Waals surface area contributed by atoms with E-state index >= 15 is 0 Å². The minimum absolute atomic E-state index is 0.187. The zero-order valence-electron chi connectivity index (χ0n) is 18.7. The van der Waals surface area contributed by atoms with Gasteiger partial charge in [0.15, 0.2) is 8.32 Å². The van der Waals surface area contributed by atoms with Crippen LogP contribution in [0.5, 0.6) is 5.75 Å². The molecule has 0 bridgehead atoms. The lowest BCUT2D eigenvalue weighted by Crippen LogP contribution is -2.41. The molecular weight excluding hydrogens is 372 g/mol. The summed E-state index contributed by atoms with van der Waals surface area (Å²) in [6, 6.07) is 5.74. The molecule has 0 saturated heterocycles. The molecule has 0 radical (unpaired) electrons. The van der Waals surface area contributed by atoms with E-state index in [1.165, 1.54) is 14.0 Å². The Bertz CT molecular complexity index is 676. The fraction of sp³-hybridized carbons (Fsp3) is 0.636. The highest BCUT2D eigenvalue weighted by Crippen LogP contribution is 2.36. The van der Waals surface area contributed by atoms with Crippen molar-refractivity contribution >= 4 is 20.1 Å². The van der Waals surface area contributed by atoms with Crippen LogP contribution in [0.3, 0.4) is 0 Å². The Morgan fingerprint density at radius 2 is 1.79 bits per heavy atom. The zero-order chi connectivity index (χ0) is 21.5. The fourth-order valence-electron chi connectivity index (χ4n) is 2.54. The molecule has 0 spiro atoms. The number of aryl methyl sites for hydroxylation is 1. The highest BCUT2D eigenvalue weighted by molar-refractivity contribution is 6.74. The lowest BCUT2D eigenvalue weighted by molar-refractivity contribution is -0.148. The van der Waals surface area contributed by atoms with Crippen molar-refractivity contribution < 1.29 is 23.5 Å². The van der Waals surface area contributed by atoms with E-state index in [4.69, 9.17) is 13.9 Å². The number of benzene rings is 1. The molecule has 28 heavy (non-hydrogen) atoms. The summed E-state index contributed by atoms with van der Waals surface area (Å²) in [4.78, 5) is 23.5. The maximum atomic E-state index is 11.8. The van der Waals surface area contributed by atoms with Crippen molar-refractivity contribution in [1.29, 1.82) is 0 Å². The van der Waals surface area contributed by atoms with Gasteiger partial charge in [-0.15, -0.1) is 0 Å². The Hall–Kier alpha value is -1.66. The van der Waals surface area contributed by atoms with Crippen LogP contribution in [0, 0.1) is 12.8 Å². The van der Waals surface area contributed by atoms with E-state index in [2.05, 4.69) is 33.9 Å². The largest absolute Gasteiger partial charge is 0.494 e. The van der Waals surface area contributed by atoms with Gasteiger partial charge in [0.1, 0.15) is 17.5 Å². The normalized spacial score (nSPS) is 13.1. The number of carbonyl (C=O) groups excluding carboxylic acids is 2. The summed E-state index contributed by atoms with van der Waals surface area (Å²) in [5, 5.41) is 0.211. The first-order valence-corrected chi connectivity index (χ1v) is 12.7. The van der Waals surface area contributed by atoms with Gasteiger partial charge < -0.3 is 13.9 Å². The standard InChI is InChI=1S/C22H36O5Si/c1-16-14-19(26-12-9-13-27-28(7,8)22(3,4)5)11-10-18(16)15-20(17(2)23)21(24)25-6/h10-11,14,20H,9,12-13,15H2,1-8H3. The number of ketones is 1. The summed E-state index contributed by atoms with van der Waals surface area (Å²) in [6.07, 6.45) is 1.18. The third-order valence-corrected chi connectivity index (χ3v) is 10.1. The molecule has 1 aromatic carbocycles. The second-order valence-corrected chi connectivity index (χ2v) is 13.6. The maximum absolute atomic E-state index is 11.8. The van der Waals surface area contributed by atoms with Crippen LogP contribution >= 0.6 is 0 Å². The van der Waals surface area contributed by atoms with Gasteiger partial charge in [-0.2, -0.15) is 0 Å². The van der Waals surface area contributed by atoms with Gasteiger partial charge >= 0.3 is 5.97 Å². The Labute approximate surface area is 170 Å². The van der Waals surface area contributed by atoms with Gasteiger partial charge in [-0.1, -0.05) is 26.8 Å². The first kappa shape index (κ1) is 24.4. The SMILES string of the molecule is COC(=O)C(Cc1ccc(OCCCO[Si](C)(C)C(C)(C)C)cc1C)C(C)=O. The summed E-state index contributed by atoms with van der Waals surface area (Å²) in [7, 11) is -0.407. The minimum Gasteiger partial charge on any atom is -0.494 e. The van der Waals surface area contributed by atoms with Crippen molar-refractivity contribution in [3.05, 3.63) is 29.3 Å². The van der Waals surface area contributed by atoms with E-state index in [1.54, 1.807) is 0 Å². The number of hydrogen-bond acceptors (Lipinski definition) is 5. The van der Waals surface area contributed by atoms with Gasteiger partial charge in [0.2, 0.25) is 0 Å². The lowest BCUT2D eigenvalue weighted by atomic mass is 9.93. The quantitative estimate of drug-likeness (QED) is 0.243. The number of Topliss-reactive ketones (excluding diaryl/α,β-unsaturated/α-hetero) is 1. The Morgan fingerprint density at radius 3 is 2.29 bits per heavy atom. The van der Waals surface area contributed by atoms with Crippen molar-refractivity contribution in [1.82, 2.24) is 0 Å². The average Bonchev–Trinajstić information content (AvgIpc) is 2.58. The molecule has 0 aliphatic rings. The number of rotatable bonds is 10. The van der Waals surface area contributed by atoms with Crippen molar-refractivity contribution in [2.24, 2.45) is 5.92 Å². The van der Waals surface area contributed by atoms with Crippen LogP contribution in [-0.4, -0.2) is 40.4 Å². The summed E-state index contributed by atoms with van der Waals surface area (Å²) >= 11 is 0. The van der Waals surface area contributed by atoms with Gasteiger partial charge in [-0.05, 0) is 61.7 Å². The second-order valence-electron chi connectivity index (χ2n) is 8.79. The molecule has 158 valence electrons. The van der Waals surface area contributed by atoms with Crippen LogP contribution in [-0.2, 0) is 25.2 Å². The molecule has 1 rings (SSSR count). The van der Waals surface area contributed by atoms with E-state index in [9.17, 15) is 9.59 Å². The number of carbonyl (C=O) groups is 2. The average molecular weight is 409 g/mol. The number of ether oxygens (including phenoxy) is 2. The topological polar surface area (TPSA) is 61.8 Å². The summed E-state index contributed by atoms with van der Waals surface area (Å²) in [5.74, 6) is -0.656. The molecular formula is C22H36O5Si. The summed E-state index contributed by atoms with van der Waals surface area (Å²) in [5.41, 5.74) is 1.93. The van der Waals surface area contributed by atoms with Crippen LogP contribution in [0.1, 0.15) is 45.2 Å². The first-order chi connectivity index (χ1) is 12.9. The molecule has 0 fully saturated rings. The van der Waals surface area contributed by atoms with E-state index < -0.39 is 20.2 Å². The predicted octanol–water partition coefficient (Wildman–Crippen LogP) is 4.71. The Morgan fingerprint density at radius 1 is 1.14 bits per heavy atom. The molecule has 5 nitrogen and oxygen atoms in total. The smallest absolute Gasteiger partial charge is 0.316 e. The third-order valence-electron chi connectivity index (χ3n) is 5.54. The number of methoxy groups -OCH3 is 1. The van der Waals surface area contributed by atoms with E-state index in [0.717, 1.165) is 23.3 Å². The van der Waals surface area contributed by atoms with Crippen LogP contribution in [0.25, 0.3) is 0 Å². The van der Waals surface area contributed by atoms with E-state index in [-0.39, 0.29) is 10.8 Å². The van der Waals surface area contributed by atoms with Crippen LogP contribution < -0.4 is 4.74 Å². The third kappa shape index (κ3) is 7.06. The highest BCUT2D eigenvalue weighted by Gasteiger charge is 2.36. The molecule has 1 aromatic rings. The van der Waals surface area contributed by atoms with Crippen molar-refractivity contribution in [2.45, 2.75) is 65.6 Å². The molecule has 0 heterocycles. The van der Waals surface area contributed by atoms with E-state index in [1.807, 2.05) is 25.1 Å². The van der Waals surface area contributed by atoms with Crippen LogP contribution in [0.2, 0.25) is 18.1 Å². The molecule has 0 aliphatic heterocycles. The monoisotopic (exact) mass is 408 g/mol. The fourth-order valence-corrected chi connectivity index (χ4v) is 3.62. The van der Waals surface area contributed by atoms with Crippen LogP contribution in [0.4, 0.5) is 0 Å². The summed E-state index contributed by atoms with van der Waals surface area (Å²) in [6.45, 7) is 15.9. The zero-order valence-corrected chi connectivity index (χ0v) is 19.7. The van der Waals surface area contributed by atoms with Gasteiger partial charge in [-0.25, -0.2) is 0 Å². The van der Waals surface area contributed by atoms with Gasteiger partial charge in [0.25, 0.3) is 0 Å². The molecule has 0 amide bonds. The molecule has 0 aromatic heterocycles. The predicted molar refractivity (Wildman–Crippen MR) is 114 cm³/mol. The molecule has 0 aliphatic carbocycles. The highest BCUT2D eigenvalue weighted by atomic mass is 28.4. The van der Waals surface area contributed by atoms with Gasteiger partial charge in [0, 0.05) is 13.0 Å². The minimum atomic E-state index is -1.71. The Balaban J connectivity index is 2.57. The molecule has 1 atom stereocenters. The van der Waals surface area contributed by atoms with Crippen molar-refractivity contribution in [2.75, 3.05) is 20.3 Å².